The molecule has 1 radical (unpaired) electrons. The second-order valence-corrected chi connectivity index (χ2v) is 9.19. The molecule has 3 nitrogen and oxygen atoms in total. The van der Waals surface area contributed by atoms with Gasteiger partial charge in [-0.15, -0.1) is 0 Å². The van der Waals surface area contributed by atoms with Crippen molar-refractivity contribution in [2.45, 2.75) is 77.4 Å². The quantitative estimate of drug-likeness (QED) is 0.558. The van der Waals surface area contributed by atoms with Gasteiger partial charge in [0.15, 0.2) is 0 Å². The molecule has 0 aromatic carbocycles. The predicted octanol–water partition coefficient (Wildman–Crippen LogP) is 3.80. The van der Waals surface area contributed by atoms with Crippen molar-refractivity contribution < 1.29 is 47.3 Å². The number of allylic oxidation sites excluding steroid dienone is 1. The third-order valence-electron chi connectivity index (χ3n) is 8.38. The van der Waals surface area contributed by atoms with Gasteiger partial charge >= 0.3 is 0 Å². The third-order valence-corrected chi connectivity index (χ3v) is 8.38. The molecule has 0 aromatic heterocycles. The van der Waals surface area contributed by atoms with Crippen LogP contribution in [0.25, 0.3) is 0 Å². The fourth-order valence-electron chi connectivity index (χ4n) is 6.94. The van der Waals surface area contributed by atoms with Crippen LogP contribution in [-0.2, 0) is 42.2 Å². The first-order chi connectivity index (χ1) is 11.5. The number of aliphatic hydroxyl groups excluding tert-OH is 1. The Labute approximate surface area is 177 Å². The Morgan fingerprint density at radius 3 is 2.72 bits per heavy atom. The van der Waals surface area contributed by atoms with Crippen LogP contribution in [0.15, 0.2) is 11.6 Å². The Morgan fingerprint density at radius 1 is 1.16 bits per heavy atom. The molecule has 0 saturated heterocycles. The molecule has 4 rings (SSSR count). The number of aliphatic hydroxyl groups is 1. The molecule has 3 fully saturated rings. The molecule has 0 spiro atoms. The minimum absolute atomic E-state index is 0. The molecule has 7 unspecified atom stereocenters. The first kappa shape index (κ1) is 20.2. The van der Waals surface area contributed by atoms with E-state index in [0.29, 0.717) is 11.3 Å². The van der Waals surface area contributed by atoms with Crippen molar-refractivity contribution in [1.29, 1.82) is 0 Å². The van der Waals surface area contributed by atoms with Gasteiger partial charge in [0.2, 0.25) is 0 Å². The Balaban J connectivity index is 0.00000182. The van der Waals surface area contributed by atoms with Crippen LogP contribution in [0.5, 0.6) is 0 Å². The summed E-state index contributed by atoms with van der Waals surface area (Å²) in [6, 6.07) is 0. The summed E-state index contributed by atoms with van der Waals surface area (Å²) >= 11 is 0. The summed E-state index contributed by atoms with van der Waals surface area (Å²) in [5, 5.41) is 10.5. The number of rotatable bonds is 3. The second kappa shape index (κ2) is 7.45. The maximum absolute atomic E-state index is 10.5. The van der Waals surface area contributed by atoms with E-state index in [-0.39, 0.29) is 56.9 Å². The zero-order valence-electron chi connectivity index (χ0n) is 15.7. The number of ether oxygens (including phenoxy) is 1. The van der Waals surface area contributed by atoms with E-state index in [1.165, 1.54) is 38.5 Å². The number of fused-ring (bicyclic) bond motifs is 5. The van der Waals surface area contributed by atoms with Crippen LogP contribution in [-0.4, -0.2) is 30.2 Å². The van der Waals surface area contributed by atoms with Crippen LogP contribution in [0.4, 0.5) is 0 Å². The molecule has 0 aliphatic heterocycles. The van der Waals surface area contributed by atoms with E-state index in [2.05, 4.69) is 19.9 Å². The van der Waals surface area contributed by atoms with Gasteiger partial charge in [-0.05, 0) is 86.6 Å². The minimum Gasteiger partial charge on any atom is -0.540 e. The molecular formula is C21H31O3Y-. The molecule has 1 N–H and O–H groups in total. The fourth-order valence-corrected chi connectivity index (χ4v) is 6.94. The van der Waals surface area contributed by atoms with Gasteiger partial charge in [0.1, 0.15) is 0 Å². The van der Waals surface area contributed by atoms with Gasteiger partial charge < -0.3 is 14.6 Å². The van der Waals surface area contributed by atoms with E-state index in [0.717, 1.165) is 24.7 Å². The summed E-state index contributed by atoms with van der Waals surface area (Å²) in [6.45, 7) is 4.92. The Hall–Kier alpha value is 0.434. The predicted molar refractivity (Wildman–Crippen MR) is 93.1 cm³/mol. The summed E-state index contributed by atoms with van der Waals surface area (Å²) in [5.74, 6) is 2.26. The number of carbonyl (C=O) groups excluding carboxylic acids is 1. The van der Waals surface area contributed by atoms with Gasteiger partial charge in [-0.3, -0.25) is 0 Å². The van der Waals surface area contributed by atoms with Crippen LogP contribution in [0.2, 0.25) is 0 Å². The molecule has 0 heterocycles. The van der Waals surface area contributed by atoms with Gasteiger partial charge in [0.25, 0.3) is 0 Å². The van der Waals surface area contributed by atoms with Crippen LogP contribution in [0.1, 0.15) is 65.2 Å². The molecule has 0 amide bonds. The molecule has 4 heteroatoms. The molecule has 0 bridgehead atoms. The van der Waals surface area contributed by atoms with Crippen LogP contribution < -0.4 is 0 Å². The van der Waals surface area contributed by atoms with E-state index in [4.69, 9.17) is 4.74 Å². The molecule has 0 aromatic rings. The van der Waals surface area contributed by atoms with Crippen LogP contribution in [0.3, 0.4) is 0 Å². The fraction of sp³-hybridized carbons (Fsp3) is 0.857. The smallest absolute Gasteiger partial charge is 0.0726 e. The van der Waals surface area contributed by atoms with Crippen molar-refractivity contribution in [3.63, 3.8) is 0 Å². The van der Waals surface area contributed by atoms with Crippen LogP contribution >= 0.6 is 0 Å². The molecule has 4 aliphatic rings. The van der Waals surface area contributed by atoms with Gasteiger partial charge in [-0.25, -0.2) is 6.29 Å². The average Bonchev–Trinajstić information content (AvgIpc) is 2.88. The van der Waals surface area contributed by atoms with Crippen molar-refractivity contribution in [1.82, 2.24) is 0 Å². The first-order valence-corrected chi connectivity index (χ1v) is 9.85. The number of hydrogen-bond donors (Lipinski definition) is 1. The average molecular weight is 420 g/mol. The van der Waals surface area contributed by atoms with E-state index in [1.807, 2.05) is 6.29 Å². The summed E-state index contributed by atoms with van der Waals surface area (Å²) < 4.78 is 5.63. The zero-order chi connectivity index (χ0) is 16.9. The van der Waals surface area contributed by atoms with Gasteiger partial charge in [0.05, 0.1) is 12.2 Å². The van der Waals surface area contributed by atoms with Crippen molar-refractivity contribution in [3.05, 3.63) is 11.6 Å². The van der Waals surface area contributed by atoms with Gasteiger partial charge in [-0.1, -0.05) is 25.5 Å². The molecular weight excluding hydrogens is 389 g/mol. The van der Waals surface area contributed by atoms with E-state index in [1.54, 1.807) is 5.57 Å². The standard InChI is InChI=1S/C21H31O3.Y/c1-20-9-7-15(24-12-11-22)13-14(20)3-4-16-17-5-6-19(23)21(17,2)10-8-18(16)20;/h13,15-19,23H,3-10,12H2,1-2H3;/q-1;. The van der Waals surface area contributed by atoms with Crippen molar-refractivity contribution >= 4 is 6.29 Å². The monoisotopic (exact) mass is 420 g/mol. The normalized spacial score (nSPS) is 48.4. The van der Waals surface area contributed by atoms with Crippen LogP contribution in [0, 0.1) is 28.6 Å². The topological polar surface area (TPSA) is 46.5 Å². The zero-order valence-corrected chi connectivity index (χ0v) is 18.5. The summed E-state index contributed by atoms with van der Waals surface area (Å²) in [5.41, 5.74) is 2.05. The van der Waals surface area contributed by atoms with E-state index in [9.17, 15) is 9.90 Å². The largest absolute Gasteiger partial charge is 0.540 e. The first-order valence-electron chi connectivity index (χ1n) is 9.85. The second-order valence-electron chi connectivity index (χ2n) is 9.19. The summed E-state index contributed by atoms with van der Waals surface area (Å²) in [4.78, 5) is 10.5. The molecule has 3 saturated carbocycles. The van der Waals surface area contributed by atoms with Gasteiger partial charge in [0, 0.05) is 32.7 Å². The maximum Gasteiger partial charge on any atom is 0.0726 e. The SMILES string of the molecule is CC12CCC(OC[C-]=O)C=C1CCC1C2CCC2(C)C(O)CCC12.[Y]. The molecule has 7 atom stereocenters. The Morgan fingerprint density at radius 2 is 1.96 bits per heavy atom. The maximum atomic E-state index is 10.5. The Bertz CT molecular complexity index is 547. The third kappa shape index (κ3) is 3.15. The molecule has 137 valence electrons. The Kier molecular flexibility index (Phi) is 6.01. The summed E-state index contributed by atoms with van der Waals surface area (Å²) in [7, 11) is 0. The van der Waals surface area contributed by atoms with E-state index < -0.39 is 0 Å². The molecule has 4 aliphatic carbocycles. The van der Waals surface area contributed by atoms with Gasteiger partial charge in [-0.2, -0.15) is 0 Å². The van der Waals surface area contributed by atoms with Crippen molar-refractivity contribution in [3.8, 4) is 0 Å². The summed E-state index contributed by atoms with van der Waals surface area (Å²) in [6.07, 6.45) is 13.5. The van der Waals surface area contributed by atoms with Crippen molar-refractivity contribution in [2.75, 3.05) is 6.61 Å². The van der Waals surface area contributed by atoms with Crippen molar-refractivity contribution in [2.24, 2.45) is 28.6 Å². The number of hydrogen-bond acceptors (Lipinski definition) is 3. The van der Waals surface area contributed by atoms with E-state index >= 15 is 0 Å². The molecule has 25 heavy (non-hydrogen) atoms. The minimum atomic E-state index is -0.0862.